The Hall–Kier alpha value is -3.02. The zero-order valence-corrected chi connectivity index (χ0v) is 16.7. The first-order valence-corrected chi connectivity index (χ1v) is 9.88. The summed E-state index contributed by atoms with van der Waals surface area (Å²) in [7, 11) is 3.22. The molecule has 6 nitrogen and oxygen atoms in total. The molecule has 1 saturated carbocycles. The summed E-state index contributed by atoms with van der Waals surface area (Å²) in [5.41, 5.74) is 3.13. The monoisotopic (exact) mass is 395 g/mol. The highest BCUT2D eigenvalue weighted by atomic mass is 16.5. The Morgan fingerprint density at radius 3 is 2.38 bits per heavy atom. The summed E-state index contributed by atoms with van der Waals surface area (Å²) < 4.78 is 16.2. The third kappa shape index (κ3) is 3.92. The minimum Gasteiger partial charge on any atom is -0.493 e. The Balaban J connectivity index is 1.67. The van der Waals surface area contributed by atoms with Gasteiger partial charge in [0.1, 0.15) is 0 Å². The minimum atomic E-state index is -0.271. The van der Waals surface area contributed by atoms with Gasteiger partial charge in [0.2, 0.25) is 0 Å². The van der Waals surface area contributed by atoms with Crippen LogP contribution in [0.4, 0.5) is 0 Å². The van der Waals surface area contributed by atoms with Gasteiger partial charge in [-0.15, -0.1) is 0 Å². The van der Waals surface area contributed by atoms with E-state index in [1.165, 1.54) is 0 Å². The van der Waals surface area contributed by atoms with Crippen molar-refractivity contribution in [3.63, 3.8) is 0 Å². The van der Waals surface area contributed by atoms with Crippen molar-refractivity contribution in [3.8, 4) is 11.5 Å². The summed E-state index contributed by atoms with van der Waals surface area (Å²) in [6.45, 7) is 0.323. The molecule has 1 unspecified atom stereocenters. The molecule has 0 radical (unpaired) electrons. The Morgan fingerprint density at radius 2 is 1.72 bits per heavy atom. The summed E-state index contributed by atoms with van der Waals surface area (Å²) in [5.74, 6) is 0.830. The van der Waals surface area contributed by atoms with Crippen LogP contribution in [0.2, 0.25) is 0 Å². The molecule has 0 aromatic heterocycles. The van der Waals surface area contributed by atoms with Crippen LogP contribution in [-0.4, -0.2) is 44.1 Å². The van der Waals surface area contributed by atoms with Gasteiger partial charge in [0, 0.05) is 6.54 Å². The summed E-state index contributed by atoms with van der Waals surface area (Å²) in [6.07, 6.45) is 2.41. The number of benzene rings is 2. The molecule has 6 heteroatoms. The van der Waals surface area contributed by atoms with Crippen LogP contribution in [0.25, 0.3) is 0 Å². The lowest BCUT2D eigenvalue weighted by Crippen LogP contribution is -2.42. The summed E-state index contributed by atoms with van der Waals surface area (Å²) in [4.78, 5) is 26.7. The molecular formula is C23H25NO5. The lowest BCUT2D eigenvalue weighted by atomic mass is 9.87. The van der Waals surface area contributed by atoms with Gasteiger partial charge in [0.25, 0.3) is 5.91 Å². The molecule has 0 bridgehead atoms. The summed E-state index contributed by atoms with van der Waals surface area (Å²) in [6, 6.07) is 13.5. The fraction of sp³-hybridized carbons (Fsp3) is 0.391. The lowest BCUT2D eigenvalue weighted by Gasteiger charge is -2.38. The second-order valence-corrected chi connectivity index (χ2v) is 7.44. The Kier molecular flexibility index (Phi) is 5.43. The minimum absolute atomic E-state index is 0.0217. The van der Waals surface area contributed by atoms with E-state index in [4.69, 9.17) is 14.2 Å². The maximum atomic E-state index is 13.0. The second-order valence-electron chi connectivity index (χ2n) is 7.44. The standard InChI is InChI=1S/C23H25NO5/c1-27-19-12-17-10-11-24(21(25)14-29-23(26)16-8-9-16)22(15-6-4-3-5-7-15)18(17)13-20(19)28-2/h3-7,12-13,16,22H,8-11,14H2,1-2H3. The lowest BCUT2D eigenvalue weighted by molar-refractivity contribution is -0.154. The van der Waals surface area contributed by atoms with Gasteiger partial charge < -0.3 is 19.1 Å². The van der Waals surface area contributed by atoms with Crippen LogP contribution in [0.15, 0.2) is 42.5 Å². The summed E-state index contributed by atoms with van der Waals surface area (Å²) >= 11 is 0. The van der Waals surface area contributed by atoms with E-state index in [2.05, 4.69) is 0 Å². The largest absolute Gasteiger partial charge is 0.493 e. The molecule has 1 atom stereocenters. The van der Waals surface area contributed by atoms with Crippen molar-refractivity contribution in [2.24, 2.45) is 5.92 Å². The smallest absolute Gasteiger partial charge is 0.309 e. The Bertz CT molecular complexity index is 907. The van der Waals surface area contributed by atoms with Crippen LogP contribution in [-0.2, 0) is 20.7 Å². The molecule has 1 fully saturated rings. The van der Waals surface area contributed by atoms with Crippen LogP contribution >= 0.6 is 0 Å². The van der Waals surface area contributed by atoms with Crippen LogP contribution in [0.1, 0.15) is 35.6 Å². The van der Waals surface area contributed by atoms with Gasteiger partial charge in [-0.25, -0.2) is 0 Å². The topological polar surface area (TPSA) is 65.1 Å². The normalized spacial score (nSPS) is 18.0. The molecule has 1 amide bonds. The van der Waals surface area contributed by atoms with Crippen LogP contribution < -0.4 is 9.47 Å². The first kappa shape index (κ1) is 19.3. The zero-order valence-electron chi connectivity index (χ0n) is 16.7. The van der Waals surface area contributed by atoms with Gasteiger partial charge in [0.15, 0.2) is 18.1 Å². The molecule has 152 valence electrons. The first-order chi connectivity index (χ1) is 14.1. The molecule has 1 heterocycles. The van der Waals surface area contributed by atoms with Crippen LogP contribution in [0.3, 0.4) is 0 Å². The maximum absolute atomic E-state index is 13.0. The third-order valence-corrected chi connectivity index (χ3v) is 5.56. The number of hydrogen-bond donors (Lipinski definition) is 0. The number of hydrogen-bond acceptors (Lipinski definition) is 5. The van der Waals surface area contributed by atoms with E-state index in [1.54, 1.807) is 19.1 Å². The number of esters is 1. The van der Waals surface area contributed by atoms with E-state index in [0.29, 0.717) is 24.5 Å². The van der Waals surface area contributed by atoms with E-state index >= 15 is 0 Å². The van der Waals surface area contributed by atoms with Gasteiger partial charge in [0.05, 0.1) is 26.2 Å². The van der Waals surface area contributed by atoms with Crippen molar-refractivity contribution >= 4 is 11.9 Å². The van der Waals surface area contributed by atoms with E-state index in [9.17, 15) is 9.59 Å². The molecule has 1 aliphatic heterocycles. The molecule has 1 aliphatic carbocycles. The highest BCUT2D eigenvalue weighted by Gasteiger charge is 2.35. The molecule has 29 heavy (non-hydrogen) atoms. The number of carbonyl (C=O) groups excluding carboxylic acids is 2. The van der Waals surface area contributed by atoms with Gasteiger partial charge in [-0.1, -0.05) is 30.3 Å². The van der Waals surface area contributed by atoms with Crippen LogP contribution in [0, 0.1) is 5.92 Å². The summed E-state index contributed by atoms with van der Waals surface area (Å²) in [5, 5.41) is 0. The van der Waals surface area contributed by atoms with Crippen molar-refractivity contribution in [1.29, 1.82) is 0 Å². The zero-order chi connectivity index (χ0) is 20.4. The van der Waals surface area contributed by atoms with Crippen molar-refractivity contribution in [3.05, 3.63) is 59.2 Å². The van der Waals surface area contributed by atoms with Gasteiger partial charge in [-0.3, -0.25) is 9.59 Å². The predicted octanol–water partition coefficient (Wildman–Crippen LogP) is 3.13. The fourth-order valence-electron chi connectivity index (χ4n) is 3.86. The average Bonchev–Trinajstić information content (AvgIpc) is 3.61. The number of ether oxygens (including phenoxy) is 3. The van der Waals surface area contributed by atoms with Gasteiger partial charge in [-0.05, 0) is 48.1 Å². The number of methoxy groups -OCH3 is 2. The number of amides is 1. The Morgan fingerprint density at radius 1 is 1.03 bits per heavy atom. The number of fused-ring (bicyclic) bond motifs is 1. The second kappa shape index (κ2) is 8.15. The van der Waals surface area contributed by atoms with Gasteiger partial charge >= 0.3 is 5.97 Å². The number of rotatable bonds is 6. The van der Waals surface area contributed by atoms with Crippen molar-refractivity contribution in [2.75, 3.05) is 27.4 Å². The van der Waals surface area contributed by atoms with Crippen molar-refractivity contribution in [2.45, 2.75) is 25.3 Å². The first-order valence-electron chi connectivity index (χ1n) is 9.88. The maximum Gasteiger partial charge on any atom is 0.309 e. The molecule has 0 N–H and O–H groups in total. The number of carbonyl (C=O) groups is 2. The van der Waals surface area contributed by atoms with E-state index in [1.807, 2.05) is 42.5 Å². The van der Waals surface area contributed by atoms with E-state index < -0.39 is 0 Å². The molecular weight excluding hydrogens is 370 g/mol. The molecule has 2 aromatic rings. The average molecular weight is 395 g/mol. The molecule has 4 rings (SSSR count). The van der Waals surface area contributed by atoms with Crippen molar-refractivity contribution in [1.82, 2.24) is 4.90 Å². The van der Waals surface area contributed by atoms with E-state index in [-0.39, 0.29) is 30.4 Å². The Labute approximate surface area is 170 Å². The van der Waals surface area contributed by atoms with E-state index in [0.717, 1.165) is 29.5 Å². The molecule has 0 saturated heterocycles. The molecule has 2 aromatic carbocycles. The highest BCUT2D eigenvalue weighted by Crippen LogP contribution is 2.41. The van der Waals surface area contributed by atoms with Crippen LogP contribution in [0.5, 0.6) is 11.5 Å². The number of nitrogens with zero attached hydrogens (tertiary/aromatic N) is 1. The fourth-order valence-corrected chi connectivity index (χ4v) is 3.86. The highest BCUT2D eigenvalue weighted by molar-refractivity contribution is 5.83. The quantitative estimate of drug-likeness (QED) is 0.703. The molecule has 0 spiro atoms. The van der Waals surface area contributed by atoms with Crippen molar-refractivity contribution < 1.29 is 23.8 Å². The SMILES string of the molecule is COc1cc2c(cc1OC)C(c1ccccc1)N(C(=O)COC(=O)C1CC1)CC2. The third-order valence-electron chi connectivity index (χ3n) is 5.56. The predicted molar refractivity (Wildman–Crippen MR) is 107 cm³/mol. The van der Waals surface area contributed by atoms with Gasteiger partial charge in [-0.2, -0.15) is 0 Å². The molecule has 2 aliphatic rings.